The van der Waals surface area contributed by atoms with Gasteiger partial charge in [-0.05, 0) is 48.0 Å². The summed E-state index contributed by atoms with van der Waals surface area (Å²) in [5.74, 6) is 0.321. The van der Waals surface area contributed by atoms with Gasteiger partial charge in [0.1, 0.15) is 23.9 Å². The molecule has 9 heteroatoms. The Hall–Kier alpha value is -3.59. The van der Waals surface area contributed by atoms with Crippen molar-refractivity contribution in [2.45, 2.75) is 0 Å². The minimum Gasteiger partial charge on any atom is -0.486 e. The maximum atomic E-state index is 14.0. The molecular weight excluding hydrogens is 459 g/mol. The van der Waals surface area contributed by atoms with Crippen molar-refractivity contribution in [1.82, 2.24) is 4.90 Å². The third kappa shape index (κ3) is 4.70. The number of hydrogen-bond acceptors (Lipinski definition) is 7. The molecule has 0 unspecified atom stereocenters. The molecule has 1 amide bonds. The van der Waals surface area contributed by atoms with Crippen LogP contribution < -0.4 is 14.4 Å². The van der Waals surface area contributed by atoms with Gasteiger partial charge in [0.05, 0.1) is 5.69 Å². The van der Waals surface area contributed by atoms with E-state index in [0.717, 1.165) is 10.4 Å². The minimum absolute atomic E-state index is 0.259. The van der Waals surface area contributed by atoms with Gasteiger partial charge in [-0.1, -0.05) is 12.1 Å². The molecule has 34 heavy (non-hydrogen) atoms. The zero-order chi connectivity index (χ0) is 23.5. The summed E-state index contributed by atoms with van der Waals surface area (Å²) in [5.41, 5.74) is 1.45. The van der Waals surface area contributed by atoms with E-state index in [4.69, 9.17) is 14.2 Å². The Labute approximate surface area is 200 Å². The highest BCUT2D eigenvalue weighted by molar-refractivity contribution is 7.17. The van der Waals surface area contributed by atoms with Crippen LogP contribution in [0.4, 0.5) is 10.1 Å². The molecule has 2 aliphatic rings. The second-order valence-corrected chi connectivity index (χ2v) is 9.00. The average molecular weight is 483 g/mol. The van der Waals surface area contributed by atoms with Crippen LogP contribution in [0.5, 0.6) is 11.5 Å². The van der Waals surface area contributed by atoms with Crippen molar-refractivity contribution in [3.8, 4) is 21.9 Å². The van der Waals surface area contributed by atoms with E-state index in [1.807, 2.05) is 29.2 Å². The van der Waals surface area contributed by atoms with Gasteiger partial charge in [0.25, 0.3) is 5.91 Å². The van der Waals surface area contributed by atoms with E-state index in [0.29, 0.717) is 61.5 Å². The summed E-state index contributed by atoms with van der Waals surface area (Å²) in [6.07, 6.45) is 0. The monoisotopic (exact) mass is 482 g/mol. The molecule has 1 saturated heterocycles. The van der Waals surface area contributed by atoms with Crippen LogP contribution >= 0.6 is 11.3 Å². The normalized spacial score (nSPS) is 15.2. The van der Waals surface area contributed by atoms with Gasteiger partial charge in [-0.2, -0.15) is 0 Å². The van der Waals surface area contributed by atoms with Crippen molar-refractivity contribution < 1.29 is 28.2 Å². The van der Waals surface area contributed by atoms with Crippen molar-refractivity contribution in [2.24, 2.45) is 0 Å². The lowest BCUT2D eigenvalue weighted by Crippen LogP contribution is -2.50. The number of piperazine rings is 1. The third-order valence-electron chi connectivity index (χ3n) is 5.79. The summed E-state index contributed by atoms with van der Waals surface area (Å²) in [6.45, 7) is 2.63. The number of rotatable bonds is 5. The molecule has 2 aliphatic heterocycles. The maximum Gasteiger partial charge on any atom is 0.348 e. The number of benzene rings is 2. The predicted octanol–water partition coefficient (Wildman–Crippen LogP) is 3.83. The molecule has 3 aromatic rings. The van der Waals surface area contributed by atoms with E-state index in [2.05, 4.69) is 0 Å². The number of anilines is 1. The van der Waals surface area contributed by atoms with Crippen LogP contribution in [0, 0.1) is 5.82 Å². The van der Waals surface area contributed by atoms with Crippen LogP contribution in [0.15, 0.2) is 54.6 Å². The van der Waals surface area contributed by atoms with Crippen molar-refractivity contribution >= 4 is 28.9 Å². The van der Waals surface area contributed by atoms with E-state index in [1.165, 1.54) is 17.4 Å². The van der Waals surface area contributed by atoms with Crippen molar-refractivity contribution in [3.05, 3.63) is 65.3 Å². The Bertz CT molecular complexity index is 1210. The first-order chi connectivity index (χ1) is 16.6. The van der Waals surface area contributed by atoms with Gasteiger partial charge in [0.15, 0.2) is 18.1 Å². The third-order valence-corrected chi connectivity index (χ3v) is 6.90. The lowest BCUT2D eigenvalue weighted by atomic mass is 10.1. The predicted molar refractivity (Wildman–Crippen MR) is 126 cm³/mol. The lowest BCUT2D eigenvalue weighted by Gasteiger charge is -2.36. The number of thiophene rings is 1. The van der Waals surface area contributed by atoms with E-state index < -0.39 is 5.97 Å². The van der Waals surface area contributed by atoms with Gasteiger partial charge in [-0.25, -0.2) is 9.18 Å². The zero-order valence-corrected chi connectivity index (χ0v) is 19.2. The lowest BCUT2D eigenvalue weighted by molar-refractivity contribution is -0.134. The molecule has 0 bridgehead atoms. The second kappa shape index (κ2) is 9.72. The van der Waals surface area contributed by atoms with Crippen LogP contribution in [-0.2, 0) is 9.53 Å². The van der Waals surface area contributed by atoms with Crippen molar-refractivity contribution in [2.75, 3.05) is 50.9 Å². The first-order valence-electron chi connectivity index (χ1n) is 11.0. The topological polar surface area (TPSA) is 68.3 Å². The summed E-state index contributed by atoms with van der Waals surface area (Å²) in [6, 6.07) is 15.8. The number of hydrogen-bond donors (Lipinski definition) is 0. The molecule has 1 aromatic heterocycles. The minimum atomic E-state index is -0.535. The molecule has 3 heterocycles. The Morgan fingerprint density at radius 1 is 0.941 bits per heavy atom. The van der Waals surface area contributed by atoms with Crippen molar-refractivity contribution in [1.29, 1.82) is 0 Å². The average Bonchev–Trinajstić information content (AvgIpc) is 3.38. The summed E-state index contributed by atoms with van der Waals surface area (Å²) >= 11 is 1.29. The van der Waals surface area contributed by atoms with Crippen LogP contribution in [0.1, 0.15) is 9.67 Å². The van der Waals surface area contributed by atoms with E-state index in [9.17, 15) is 14.0 Å². The summed E-state index contributed by atoms with van der Waals surface area (Å²) in [4.78, 5) is 29.9. The largest absolute Gasteiger partial charge is 0.486 e. The number of carbonyl (C=O) groups excluding carboxylic acids is 2. The van der Waals surface area contributed by atoms with Gasteiger partial charge < -0.3 is 24.0 Å². The molecule has 0 aliphatic carbocycles. The van der Waals surface area contributed by atoms with Gasteiger partial charge in [0.2, 0.25) is 0 Å². The number of halogens is 1. The molecule has 176 valence electrons. The number of carbonyl (C=O) groups is 2. The number of fused-ring (bicyclic) bond motifs is 1. The molecule has 0 N–H and O–H groups in total. The SMILES string of the molecule is O=C(OCC(=O)N1CCN(c2ccccc2F)CC1)c1ccc(-c2ccc3c(c2)OCCO3)s1. The Kier molecular flexibility index (Phi) is 6.35. The molecule has 5 rings (SSSR count). The maximum absolute atomic E-state index is 14.0. The van der Waals surface area contributed by atoms with Gasteiger partial charge in [-0.3, -0.25) is 4.79 Å². The van der Waals surface area contributed by atoms with E-state index in [-0.39, 0.29) is 18.3 Å². The van der Waals surface area contributed by atoms with Gasteiger partial charge in [0, 0.05) is 31.1 Å². The molecule has 2 aromatic carbocycles. The number of ether oxygens (including phenoxy) is 3. The quantitative estimate of drug-likeness (QED) is 0.515. The fourth-order valence-electron chi connectivity index (χ4n) is 3.99. The smallest absolute Gasteiger partial charge is 0.348 e. The molecule has 0 atom stereocenters. The van der Waals surface area contributed by atoms with E-state index in [1.54, 1.807) is 29.2 Å². The molecule has 1 fully saturated rings. The Morgan fingerprint density at radius 3 is 2.50 bits per heavy atom. The van der Waals surface area contributed by atoms with Crippen LogP contribution in [0.2, 0.25) is 0 Å². The Balaban J connectivity index is 1.14. The number of para-hydroxylation sites is 1. The highest BCUT2D eigenvalue weighted by Crippen LogP contribution is 2.37. The van der Waals surface area contributed by atoms with E-state index >= 15 is 0 Å². The zero-order valence-electron chi connectivity index (χ0n) is 18.4. The molecule has 0 saturated carbocycles. The highest BCUT2D eigenvalue weighted by atomic mass is 32.1. The molecule has 7 nitrogen and oxygen atoms in total. The number of nitrogens with zero attached hydrogens (tertiary/aromatic N) is 2. The number of amides is 1. The Morgan fingerprint density at radius 2 is 1.71 bits per heavy atom. The van der Waals surface area contributed by atoms with Crippen LogP contribution in [0.25, 0.3) is 10.4 Å². The fourth-order valence-corrected chi connectivity index (χ4v) is 4.89. The van der Waals surface area contributed by atoms with Crippen molar-refractivity contribution in [3.63, 3.8) is 0 Å². The van der Waals surface area contributed by atoms with Gasteiger partial charge in [-0.15, -0.1) is 11.3 Å². The standard InChI is InChI=1S/C25H23FN2O5S/c26-18-3-1-2-4-19(18)27-9-11-28(12-10-27)24(29)16-33-25(30)23-8-7-22(34-23)17-5-6-20-21(15-17)32-14-13-31-20/h1-8,15H,9-14,16H2. The molecule has 0 spiro atoms. The van der Waals surface area contributed by atoms with Gasteiger partial charge >= 0.3 is 5.97 Å². The summed E-state index contributed by atoms with van der Waals surface area (Å²) in [5, 5.41) is 0. The summed E-state index contributed by atoms with van der Waals surface area (Å²) in [7, 11) is 0. The second-order valence-electron chi connectivity index (χ2n) is 7.92. The molecular formula is C25H23FN2O5S. The number of esters is 1. The highest BCUT2D eigenvalue weighted by Gasteiger charge is 2.24. The molecule has 0 radical (unpaired) electrons. The first kappa shape index (κ1) is 22.2. The van der Waals surface area contributed by atoms with Crippen LogP contribution in [-0.4, -0.2) is 62.8 Å². The van der Waals surface area contributed by atoms with Crippen LogP contribution in [0.3, 0.4) is 0 Å². The fraction of sp³-hybridized carbons (Fsp3) is 0.280. The first-order valence-corrected chi connectivity index (χ1v) is 11.8. The summed E-state index contributed by atoms with van der Waals surface area (Å²) < 4.78 is 30.4.